The van der Waals surface area contributed by atoms with Crippen molar-refractivity contribution < 1.29 is 13.2 Å². The summed E-state index contributed by atoms with van der Waals surface area (Å²) >= 11 is 4.83. The van der Waals surface area contributed by atoms with Crippen molar-refractivity contribution >= 4 is 43.4 Å². The van der Waals surface area contributed by atoms with Crippen molar-refractivity contribution in [3.63, 3.8) is 0 Å². The van der Waals surface area contributed by atoms with Gasteiger partial charge in [-0.1, -0.05) is 0 Å². The van der Waals surface area contributed by atoms with E-state index in [2.05, 4.69) is 20.7 Å². The molecule has 0 radical (unpaired) electrons. The molecule has 0 saturated heterocycles. The Bertz CT molecular complexity index is 589. The Morgan fingerprint density at radius 2 is 2.05 bits per heavy atom. The third-order valence-corrected chi connectivity index (χ3v) is 6.17. The molecule has 1 aromatic carbocycles. The van der Waals surface area contributed by atoms with Gasteiger partial charge in [0.05, 0.1) is 7.11 Å². The third-order valence-electron chi connectivity index (χ3n) is 2.81. The number of hydrogen-bond donors (Lipinski definition) is 2. The summed E-state index contributed by atoms with van der Waals surface area (Å²) in [6, 6.07) is 2.93. The highest BCUT2D eigenvalue weighted by Gasteiger charge is 2.24. The molecule has 0 fully saturated rings. The molecule has 0 saturated carbocycles. The van der Waals surface area contributed by atoms with E-state index in [-0.39, 0.29) is 15.4 Å². The van der Waals surface area contributed by atoms with Crippen LogP contribution in [0.1, 0.15) is 13.8 Å². The summed E-state index contributed by atoms with van der Waals surface area (Å²) in [5.74, 6) is 0.250. The van der Waals surface area contributed by atoms with Crippen molar-refractivity contribution in [2.45, 2.75) is 23.5 Å². The van der Waals surface area contributed by atoms with Crippen LogP contribution in [-0.4, -0.2) is 33.1 Å². The molecule has 0 aliphatic heterocycles. The van der Waals surface area contributed by atoms with Gasteiger partial charge in [-0.15, -0.1) is 0 Å². The van der Waals surface area contributed by atoms with E-state index >= 15 is 0 Å². The number of thioether (sulfide) groups is 1. The van der Waals surface area contributed by atoms with Crippen molar-refractivity contribution in [3.8, 4) is 5.75 Å². The summed E-state index contributed by atoms with van der Waals surface area (Å²) in [6.45, 7) is 4.25. The maximum Gasteiger partial charge on any atom is 0.244 e. The molecule has 0 heterocycles. The lowest BCUT2D eigenvalue weighted by Gasteiger charge is -2.22. The van der Waals surface area contributed by atoms with Crippen LogP contribution in [0.25, 0.3) is 0 Å². The molecule has 5 nitrogen and oxygen atoms in total. The van der Waals surface area contributed by atoms with Crippen LogP contribution in [0.4, 0.5) is 5.69 Å². The lowest BCUT2D eigenvalue weighted by atomic mass is 10.2. The van der Waals surface area contributed by atoms with Gasteiger partial charge in [0.15, 0.2) is 0 Å². The van der Waals surface area contributed by atoms with Crippen LogP contribution in [0, 0.1) is 0 Å². The van der Waals surface area contributed by atoms with Gasteiger partial charge >= 0.3 is 0 Å². The standard InChI is InChI=1S/C12H19BrN2O3S2/c1-12(2,19-4)7-15-20(16,17)11-6-9(14)8(13)5-10(11)18-3/h5-6,15H,7,14H2,1-4H3. The minimum atomic E-state index is -3.67. The zero-order chi connectivity index (χ0) is 15.6. The SMILES string of the molecule is COc1cc(Br)c(N)cc1S(=O)(=O)NCC(C)(C)SC. The first-order chi connectivity index (χ1) is 9.13. The Morgan fingerprint density at radius 3 is 2.55 bits per heavy atom. The number of anilines is 1. The average molecular weight is 383 g/mol. The number of nitrogens with two attached hydrogens (primary N) is 1. The molecule has 0 bridgehead atoms. The van der Waals surface area contributed by atoms with E-state index in [4.69, 9.17) is 10.5 Å². The van der Waals surface area contributed by atoms with E-state index in [1.807, 2.05) is 20.1 Å². The maximum absolute atomic E-state index is 12.4. The van der Waals surface area contributed by atoms with E-state index in [1.165, 1.54) is 13.2 Å². The monoisotopic (exact) mass is 382 g/mol. The number of hydrogen-bond acceptors (Lipinski definition) is 5. The summed E-state index contributed by atoms with van der Waals surface area (Å²) in [5.41, 5.74) is 6.09. The van der Waals surface area contributed by atoms with Gasteiger partial charge in [-0.3, -0.25) is 0 Å². The molecule has 0 amide bonds. The molecule has 0 spiro atoms. The van der Waals surface area contributed by atoms with Crippen LogP contribution in [0.5, 0.6) is 5.75 Å². The number of halogens is 1. The highest BCUT2D eigenvalue weighted by Crippen LogP contribution is 2.32. The van der Waals surface area contributed by atoms with Crippen LogP contribution in [0.3, 0.4) is 0 Å². The van der Waals surface area contributed by atoms with Crippen LogP contribution >= 0.6 is 27.7 Å². The molecular weight excluding hydrogens is 364 g/mol. The van der Waals surface area contributed by atoms with Crippen molar-refractivity contribution in [2.24, 2.45) is 0 Å². The van der Waals surface area contributed by atoms with Crippen LogP contribution in [0.15, 0.2) is 21.5 Å². The second kappa shape index (κ2) is 6.55. The molecule has 1 aromatic rings. The van der Waals surface area contributed by atoms with Gasteiger partial charge in [0.2, 0.25) is 10.0 Å². The van der Waals surface area contributed by atoms with Crippen molar-refractivity contribution in [1.29, 1.82) is 0 Å². The van der Waals surface area contributed by atoms with Crippen LogP contribution in [-0.2, 0) is 10.0 Å². The lowest BCUT2D eigenvalue weighted by Crippen LogP contribution is -2.36. The fraction of sp³-hybridized carbons (Fsp3) is 0.500. The van der Waals surface area contributed by atoms with E-state index in [0.717, 1.165) is 0 Å². The highest BCUT2D eigenvalue weighted by molar-refractivity contribution is 9.10. The largest absolute Gasteiger partial charge is 0.495 e. The van der Waals surface area contributed by atoms with E-state index in [0.29, 0.717) is 16.7 Å². The molecule has 0 aliphatic rings. The lowest BCUT2D eigenvalue weighted by molar-refractivity contribution is 0.402. The summed E-state index contributed by atoms with van der Waals surface area (Å²) in [5, 5.41) is 0. The van der Waals surface area contributed by atoms with Gasteiger partial charge in [-0.25, -0.2) is 13.1 Å². The number of benzene rings is 1. The molecule has 20 heavy (non-hydrogen) atoms. The molecule has 8 heteroatoms. The minimum Gasteiger partial charge on any atom is -0.495 e. The number of nitrogen functional groups attached to an aromatic ring is 1. The summed E-state index contributed by atoms with van der Waals surface area (Å²) in [6.07, 6.45) is 1.94. The Kier molecular flexibility index (Phi) is 5.77. The molecule has 3 N–H and O–H groups in total. The van der Waals surface area contributed by atoms with Gasteiger partial charge in [0.1, 0.15) is 10.6 Å². The van der Waals surface area contributed by atoms with E-state index in [1.54, 1.807) is 17.8 Å². The molecule has 0 unspecified atom stereocenters. The summed E-state index contributed by atoms with van der Waals surface area (Å²) in [4.78, 5) is 0.0394. The molecule has 0 aromatic heterocycles. The van der Waals surface area contributed by atoms with Crippen molar-refractivity contribution in [2.75, 3.05) is 25.6 Å². The highest BCUT2D eigenvalue weighted by atomic mass is 79.9. The predicted octanol–water partition coefficient (Wildman–Crippen LogP) is 2.46. The fourth-order valence-corrected chi connectivity index (χ4v) is 3.36. The third kappa shape index (κ3) is 4.28. The Hall–Kier alpha value is -0.440. The van der Waals surface area contributed by atoms with Gasteiger partial charge < -0.3 is 10.5 Å². The first kappa shape index (κ1) is 17.6. The summed E-state index contributed by atoms with van der Waals surface area (Å²) in [7, 11) is -2.26. The fourth-order valence-electron chi connectivity index (χ4n) is 1.34. The zero-order valence-corrected chi connectivity index (χ0v) is 15.1. The topological polar surface area (TPSA) is 81.4 Å². The number of sulfonamides is 1. The number of nitrogens with one attached hydrogen (secondary N) is 1. The second-order valence-electron chi connectivity index (χ2n) is 4.81. The molecular formula is C12H19BrN2O3S2. The Labute approximate surface area is 132 Å². The quantitative estimate of drug-likeness (QED) is 0.738. The van der Waals surface area contributed by atoms with Gasteiger partial charge in [-0.2, -0.15) is 11.8 Å². The molecule has 0 atom stereocenters. The normalized spacial score (nSPS) is 12.4. The Morgan fingerprint density at radius 1 is 1.45 bits per heavy atom. The zero-order valence-electron chi connectivity index (χ0n) is 11.9. The summed E-state index contributed by atoms with van der Waals surface area (Å²) < 4.78 is 32.8. The number of ether oxygens (including phenoxy) is 1. The first-order valence-electron chi connectivity index (χ1n) is 5.81. The van der Waals surface area contributed by atoms with Crippen molar-refractivity contribution in [3.05, 3.63) is 16.6 Å². The van der Waals surface area contributed by atoms with Crippen molar-refractivity contribution in [1.82, 2.24) is 4.72 Å². The molecule has 114 valence electrons. The van der Waals surface area contributed by atoms with Gasteiger partial charge in [0, 0.05) is 21.5 Å². The van der Waals surface area contributed by atoms with E-state index in [9.17, 15) is 8.42 Å². The van der Waals surface area contributed by atoms with Gasteiger partial charge in [-0.05, 0) is 48.2 Å². The molecule has 1 rings (SSSR count). The van der Waals surface area contributed by atoms with Crippen LogP contribution < -0.4 is 15.2 Å². The average Bonchev–Trinajstić information content (AvgIpc) is 2.39. The molecule has 0 aliphatic carbocycles. The first-order valence-corrected chi connectivity index (χ1v) is 9.31. The smallest absolute Gasteiger partial charge is 0.244 e. The second-order valence-corrected chi connectivity index (χ2v) is 8.92. The predicted molar refractivity (Wildman–Crippen MR) is 87.9 cm³/mol. The maximum atomic E-state index is 12.4. The number of methoxy groups -OCH3 is 1. The Balaban J connectivity index is 3.13. The van der Waals surface area contributed by atoms with Gasteiger partial charge in [0.25, 0.3) is 0 Å². The minimum absolute atomic E-state index is 0.0394. The van der Waals surface area contributed by atoms with E-state index < -0.39 is 10.0 Å². The van der Waals surface area contributed by atoms with Crippen LogP contribution in [0.2, 0.25) is 0 Å². The number of rotatable bonds is 6.